The fraction of sp³-hybridized carbons (Fsp3) is 0.957. The Hall–Kier alpha value is -0.256. The zero-order valence-electron chi connectivity index (χ0n) is 22.2. The van der Waals surface area contributed by atoms with E-state index in [1.54, 1.807) is 0 Å². The second-order valence-electron chi connectivity index (χ2n) is 9.49. The minimum atomic E-state index is -2.61. The fourth-order valence-corrected chi connectivity index (χ4v) is 12.7. The SMILES string of the molecule is CCO[Si](CCCN(C)CC(C)C(=O)O[Si](C(C)C)(C(C)C)C(C)C)(OCC)OCC. The molecule has 1 unspecified atom stereocenters. The number of rotatable bonds is 17. The van der Waals surface area contributed by atoms with Crippen molar-refractivity contribution in [2.75, 3.05) is 40.0 Å². The molecule has 0 spiro atoms. The zero-order chi connectivity index (χ0) is 24.2. The Morgan fingerprint density at radius 3 is 1.58 bits per heavy atom. The molecule has 31 heavy (non-hydrogen) atoms. The van der Waals surface area contributed by atoms with Gasteiger partial charge in [-0.3, -0.25) is 4.79 Å². The molecule has 0 amide bonds. The lowest BCUT2D eigenvalue weighted by molar-refractivity contribution is -0.140. The summed E-state index contributed by atoms with van der Waals surface area (Å²) < 4.78 is 24.2. The molecule has 0 fully saturated rings. The first kappa shape index (κ1) is 30.7. The summed E-state index contributed by atoms with van der Waals surface area (Å²) in [6, 6.07) is 0.787. The highest BCUT2D eigenvalue weighted by atomic mass is 28.4. The summed E-state index contributed by atoms with van der Waals surface area (Å²) in [5.74, 6) is -0.197. The van der Waals surface area contributed by atoms with Crippen LogP contribution in [0.15, 0.2) is 0 Å². The van der Waals surface area contributed by atoms with Crippen LogP contribution in [0.2, 0.25) is 22.7 Å². The molecule has 0 aliphatic rings. The molecule has 0 aromatic heterocycles. The van der Waals surface area contributed by atoms with Crippen LogP contribution in [0.5, 0.6) is 0 Å². The third kappa shape index (κ3) is 9.25. The van der Waals surface area contributed by atoms with Gasteiger partial charge in [0, 0.05) is 32.4 Å². The van der Waals surface area contributed by atoms with Crippen molar-refractivity contribution in [2.45, 2.75) is 98.3 Å². The van der Waals surface area contributed by atoms with E-state index in [1.165, 1.54) is 0 Å². The van der Waals surface area contributed by atoms with Gasteiger partial charge in [-0.05, 0) is 57.4 Å². The molecule has 0 N–H and O–H groups in total. The summed E-state index contributed by atoms with van der Waals surface area (Å²) >= 11 is 0. The van der Waals surface area contributed by atoms with Gasteiger partial charge in [0.1, 0.15) is 0 Å². The third-order valence-electron chi connectivity index (χ3n) is 6.09. The van der Waals surface area contributed by atoms with Crippen molar-refractivity contribution in [3.8, 4) is 0 Å². The van der Waals surface area contributed by atoms with Crippen molar-refractivity contribution in [1.29, 1.82) is 0 Å². The Morgan fingerprint density at radius 2 is 1.23 bits per heavy atom. The van der Waals surface area contributed by atoms with Crippen molar-refractivity contribution in [2.24, 2.45) is 5.92 Å². The second kappa shape index (κ2) is 14.8. The molecule has 0 heterocycles. The number of hydrogen-bond donors (Lipinski definition) is 0. The molecular weight excluding hydrogens is 426 g/mol. The molecule has 1 atom stereocenters. The van der Waals surface area contributed by atoms with Crippen LogP contribution >= 0.6 is 0 Å². The Balaban J connectivity index is 4.90. The van der Waals surface area contributed by atoms with Gasteiger partial charge in [0.15, 0.2) is 0 Å². The molecule has 8 heteroatoms. The van der Waals surface area contributed by atoms with Crippen LogP contribution in [-0.4, -0.2) is 67.9 Å². The summed E-state index contributed by atoms with van der Waals surface area (Å²) in [7, 11) is -2.74. The monoisotopic (exact) mass is 477 g/mol. The lowest BCUT2D eigenvalue weighted by atomic mass is 10.2. The van der Waals surface area contributed by atoms with Crippen molar-refractivity contribution in [3.63, 3.8) is 0 Å². The molecule has 0 saturated carbocycles. The summed E-state index contributed by atoms with van der Waals surface area (Å²) in [4.78, 5) is 15.2. The lowest BCUT2D eigenvalue weighted by Crippen LogP contribution is -2.50. The van der Waals surface area contributed by atoms with E-state index in [9.17, 15) is 4.79 Å². The van der Waals surface area contributed by atoms with E-state index in [1.807, 2.05) is 27.7 Å². The van der Waals surface area contributed by atoms with Crippen LogP contribution in [0.3, 0.4) is 0 Å². The van der Waals surface area contributed by atoms with Crippen LogP contribution in [0.25, 0.3) is 0 Å². The fourth-order valence-electron chi connectivity index (χ4n) is 4.83. The zero-order valence-corrected chi connectivity index (χ0v) is 24.2. The summed E-state index contributed by atoms with van der Waals surface area (Å²) in [6.07, 6.45) is 0.910. The van der Waals surface area contributed by atoms with E-state index < -0.39 is 17.1 Å². The van der Waals surface area contributed by atoms with E-state index in [0.717, 1.165) is 19.0 Å². The van der Waals surface area contributed by atoms with E-state index in [0.29, 0.717) is 43.0 Å². The largest absolute Gasteiger partial charge is 0.518 e. The number of carbonyl (C=O) groups excluding carboxylic acids is 1. The van der Waals surface area contributed by atoms with Crippen molar-refractivity contribution in [1.82, 2.24) is 4.90 Å². The lowest BCUT2D eigenvalue weighted by Gasteiger charge is -2.42. The minimum Gasteiger partial charge on any atom is -0.518 e. The molecule has 0 aromatic rings. The number of nitrogens with zero attached hydrogens (tertiary/aromatic N) is 1. The molecule has 186 valence electrons. The van der Waals surface area contributed by atoms with Gasteiger partial charge in [0.05, 0.1) is 5.92 Å². The highest BCUT2D eigenvalue weighted by Crippen LogP contribution is 2.42. The Bertz CT molecular complexity index is 464. The van der Waals surface area contributed by atoms with Crippen molar-refractivity contribution in [3.05, 3.63) is 0 Å². The van der Waals surface area contributed by atoms with Crippen LogP contribution in [0, 0.1) is 5.92 Å². The van der Waals surface area contributed by atoms with E-state index >= 15 is 0 Å². The molecule has 0 aliphatic carbocycles. The molecule has 6 nitrogen and oxygen atoms in total. The molecule has 0 aliphatic heterocycles. The topological polar surface area (TPSA) is 57.2 Å². The van der Waals surface area contributed by atoms with E-state index in [-0.39, 0.29) is 11.9 Å². The first-order valence-corrected chi connectivity index (χ1v) is 16.3. The predicted molar refractivity (Wildman–Crippen MR) is 134 cm³/mol. The van der Waals surface area contributed by atoms with Gasteiger partial charge in [-0.1, -0.05) is 48.5 Å². The van der Waals surface area contributed by atoms with Crippen molar-refractivity contribution >= 4 is 23.1 Å². The maximum Gasteiger partial charge on any atom is 0.500 e. The molecule has 0 rings (SSSR count). The van der Waals surface area contributed by atoms with Gasteiger partial charge < -0.3 is 22.6 Å². The molecular formula is C23H51NO5Si2. The Labute approximate surface area is 194 Å². The summed E-state index contributed by atoms with van der Waals surface area (Å²) in [6.45, 7) is 24.5. The van der Waals surface area contributed by atoms with Gasteiger partial charge in [-0.15, -0.1) is 0 Å². The maximum absolute atomic E-state index is 13.0. The average molecular weight is 478 g/mol. The van der Waals surface area contributed by atoms with Crippen LogP contribution in [-0.2, 0) is 22.5 Å². The van der Waals surface area contributed by atoms with Gasteiger partial charge >= 0.3 is 8.80 Å². The highest BCUT2D eigenvalue weighted by Gasteiger charge is 2.48. The number of hydrogen-bond acceptors (Lipinski definition) is 6. The minimum absolute atomic E-state index is 0.0451. The van der Waals surface area contributed by atoms with Crippen LogP contribution in [0.4, 0.5) is 0 Å². The van der Waals surface area contributed by atoms with Crippen LogP contribution < -0.4 is 0 Å². The van der Waals surface area contributed by atoms with Gasteiger partial charge in [-0.25, -0.2) is 0 Å². The van der Waals surface area contributed by atoms with Gasteiger partial charge in [-0.2, -0.15) is 0 Å². The average Bonchev–Trinajstić information content (AvgIpc) is 2.65. The standard InChI is InChI=1S/C23H51NO5Si2/c1-12-26-30(27-13-2,28-14-3)17-15-16-24(11)18-22(10)23(25)29-31(19(4)5,20(6)7)21(8)9/h19-22H,12-18H2,1-11H3. The van der Waals surface area contributed by atoms with E-state index in [4.69, 9.17) is 17.7 Å². The third-order valence-corrected chi connectivity index (χ3v) is 15.2. The second-order valence-corrected chi connectivity index (χ2v) is 17.6. The van der Waals surface area contributed by atoms with Crippen molar-refractivity contribution < 1.29 is 22.5 Å². The predicted octanol–water partition coefficient (Wildman–Crippen LogP) is 5.71. The van der Waals surface area contributed by atoms with Crippen LogP contribution in [0.1, 0.15) is 75.7 Å². The van der Waals surface area contributed by atoms with Gasteiger partial charge in [0.25, 0.3) is 14.3 Å². The highest BCUT2D eigenvalue weighted by molar-refractivity contribution is 6.78. The quantitative estimate of drug-likeness (QED) is 0.250. The molecule has 0 bridgehead atoms. The molecule has 0 aromatic carbocycles. The van der Waals surface area contributed by atoms with Gasteiger partial charge in [0.2, 0.25) is 0 Å². The Morgan fingerprint density at radius 1 is 0.806 bits per heavy atom. The van der Waals surface area contributed by atoms with E-state index in [2.05, 4.69) is 53.5 Å². The summed E-state index contributed by atoms with van der Waals surface area (Å²) in [5.41, 5.74) is 1.19. The normalized spacial score (nSPS) is 14.2. The molecule has 0 radical (unpaired) electrons. The first-order chi connectivity index (χ1) is 14.4. The summed E-state index contributed by atoms with van der Waals surface area (Å²) in [5, 5.41) is 0. The molecule has 0 saturated heterocycles. The Kier molecular flexibility index (Phi) is 14.7. The first-order valence-electron chi connectivity index (χ1n) is 12.2. The number of carbonyl (C=O) groups is 1. The maximum atomic E-state index is 13.0. The smallest absolute Gasteiger partial charge is 0.500 e.